The molecule has 0 spiro atoms. The van der Waals surface area contributed by atoms with Gasteiger partial charge in [0.25, 0.3) is 0 Å². The molecule has 6 nitrogen and oxygen atoms in total. The summed E-state index contributed by atoms with van der Waals surface area (Å²) in [5, 5.41) is 5.64. The fourth-order valence-corrected chi connectivity index (χ4v) is 4.51. The van der Waals surface area contributed by atoms with Gasteiger partial charge in [-0.2, -0.15) is 0 Å². The molecular formula is C23H18N4O2S2. The molecule has 31 heavy (non-hydrogen) atoms. The van der Waals surface area contributed by atoms with Crippen molar-refractivity contribution in [3.05, 3.63) is 84.0 Å². The largest absolute Gasteiger partial charge is 0.298 e. The molecule has 154 valence electrons. The van der Waals surface area contributed by atoms with Crippen LogP contribution in [0.25, 0.3) is 16.5 Å². The maximum absolute atomic E-state index is 12.3. The smallest absolute Gasteiger partial charge is 0.250 e. The molecule has 2 aromatic carbocycles. The summed E-state index contributed by atoms with van der Waals surface area (Å²) in [7, 11) is 0. The number of anilines is 3. The van der Waals surface area contributed by atoms with E-state index in [0.29, 0.717) is 16.0 Å². The molecule has 2 aromatic heterocycles. The molecule has 0 atom stereocenters. The van der Waals surface area contributed by atoms with Crippen molar-refractivity contribution in [2.75, 3.05) is 10.2 Å². The molecule has 0 unspecified atom stereocenters. The predicted octanol–water partition coefficient (Wildman–Crippen LogP) is 5.60. The summed E-state index contributed by atoms with van der Waals surface area (Å²) in [4.78, 5) is 35.7. The van der Waals surface area contributed by atoms with Crippen LogP contribution < -0.4 is 10.2 Å². The zero-order valence-corrected chi connectivity index (χ0v) is 18.2. The Hall–Kier alpha value is -3.62. The van der Waals surface area contributed by atoms with Crippen LogP contribution >= 0.6 is 22.7 Å². The van der Waals surface area contributed by atoms with Gasteiger partial charge in [-0.25, -0.2) is 9.97 Å². The Balaban J connectivity index is 1.42. The van der Waals surface area contributed by atoms with E-state index >= 15 is 0 Å². The van der Waals surface area contributed by atoms with Crippen LogP contribution in [0.15, 0.2) is 78.3 Å². The number of thiazole rings is 2. The van der Waals surface area contributed by atoms with Gasteiger partial charge < -0.3 is 0 Å². The van der Waals surface area contributed by atoms with Crippen LogP contribution in [-0.4, -0.2) is 21.8 Å². The summed E-state index contributed by atoms with van der Waals surface area (Å²) in [5.74, 6) is -0.429. The van der Waals surface area contributed by atoms with Crippen molar-refractivity contribution in [3.63, 3.8) is 0 Å². The van der Waals surface area contributed by atoms with Gasteiger partial charge in [0.2, 0.25) is 11.8 Å². The number of carbonyl (C=O) groups excluding carboxylic acids is 2. The van der Waals surface area contributed by atoms with E-state index in [9.17, 15) is 9.59 Å². The highest BCUT2D eigenvalue weighted by Crippen LogP contribution is 2.30. The van der Waals surface area contributed by atoms with Gasteiger partial charge in [0, 0.05) is 24.6 Å². The van der Waals surface area contributed by atoms with Crippen molar-refractivity contribution in [1.29, 1.82) is 0 Å². The number of amides is 2. The van der Waals surface area contributed by atoms with E-state index in [-0.39, 0.29) is 11.8 Å². The van der Waals surface area contributed by atoms with Crippen LogP contribution in [0.5, 0.6) is 0 Å². The van der Waals surface area contributed by atoms with Crippen molar-refractivity contribution in [1.82, 2.24) is 9.97 Å². The summed E-state index contributed by atoms with van der Waals surface area (Å²) in [5.41, 5.74) is 2.40. The number of rotatable bonds is 6. The van der Waals surface area contributed by atoms with Gasteiger partial charge >= 0.3 is 0 Å². The van der Waals surface area contributed by atoms with Crippen LogP contribution in [0.4, 0.5) is 16.0 Å². The van der Waals surface area contributed by atoms with Gasteiger partial charge in [-0.3, -0.25) is 19.8 Å². The topological polar surface area (TPSA) is 75.2 Å². The summed E-state index contributed by atoms with van der Waals surface area (Å²) in [6.07, 6.45) is 4.76. The molecule has 0 saturated heterocycles. The fourth-order valence-electron chi connectivity index (χ4n) is 2.84. The number of aromatic nitrogens is 2. The van der Waals surface area contributed by atoms with Gasteiger partial charge in [-0.05, 0) is 23.8 Å². The molecule has 8 heteroatoms. The molecular weight excluding hydrogens is 428 g/mol. The first kappa shape index (κ1) is 20.6. The van der Waals surface area contributed by atoms with E-state index in [4.69, 9.17) is 0 Å². The third kappa shape index (κ3) is 5.11. The van der Waals surface area contributed by atoms with Crippen molar-refractivity contribution in [2.45, 2.75) is 6.92 Å². The lowest BCUT2D eigenvalue weighted by molar-refractivity contribution is -0.116. The quantitative estimate of drug-likeness (QED) is 0.391. The average Bonchev–Trinajstić information content (AvgIpc) is 3.43. The lowest BCUT2D eigenvalue weighted by Gasteiger charge is -2.17. The lowest BCUT2D eigenvalue weighted by atomic mass is 10.2. The Morgan fingerprint density at radius 1 is 1.03 bits per heavy atom. The highest BCUT2D eigenvalue weighted by atomic mass is 32.1. The zero-order valence-electron chi connectivity index (χ0n) is 16.6. The molecule has 0 aliphatic rings. The van der Waals surface area contributed by atoms with E-state index in [1.807, 2.05) is 60.7 Å². The van der Waals surface area contributed by atoms with Crippen LogP contribution in [0.2, 0.25) is 0 Å². The highest BCUT2D eigenvalue weighted by Gasteiger charge is 2.17. The second-order valence-corrected chi connectivity index (χ2v) is 8.33. The van der Waals surface area contributed by atoms with Gasteiger partial charge in [-0.15, -0.1) is 11.3 Å². The first-order chi connectivity index (χ1) is 15.1. The summed E-state index contributed by atoms with van der Waals surface area (Å²) in [6.45, 7) is 1.50. The molecule has 1 N–H and O–H groups in total. The molecule has 4 rings (SSSR count). The van der Waals surface area contributed by atoms with Gasteiger partial charge in [-0.1, -0.05) is 59.9 Å². The second-order valence-electron chi connectivity index (χ2n) is 6.46. The normalized spacial score (nSPS) is 10.9. The van der Waals surface area contributed by atoms with E-state index in [1.54, 1.807) is 22.6 Å². The minimum Gasteiger partial charge on any atom is -0.298 e. The SMILES string of the molecule is CC(=O)N(c1ccccc1)c1nc(/C=C/C(=O)Nc2ncc(-c3ccccc3)s2)cs1. The summed E-state index contributed by atoms with van der Waals surface area (Å²) >= 11 is 2.75. The Bertz CT molecular complexity index is 1220. The van der Waals surface area contributed by atoms with Crippen molar-refractivity contribution >= 4 is 56.5 Å². The molecule has 0 aliphatic heterocycles. The van der Waals surface area contributed by atoms with Crippen molar-refractivity contribution in [2.24, 2.45) is 0 Å². The average molecular weight is 447 g/mol. The fraction of sp³-hybridized carbons (Fsp3) is 0.0435. The number of para-hydroxylation sites is 1. The number of carbonyl (C=O) groups is 2. The standard InChI is InChI=1S/C23H18N4O2S2/c1-16(28)27(19-10-6-3-7-11-19)23-25-18(15-30-23)12-13-21(29)26-22-24-14-20(31-22)17-8-4-2-5-9-17/h2-15H,1H3,(H,24,26,29)/b13-12+. The predicted molar refractivity (Wildman–Crippen MR) is 127 cm³/mol. The van der Waals surface area contributed by atoms with Crippen molar-refractivity contribution in [3.8, 4) is 10.4 Å². The zero-order chi connectivity index (χ0) is 21.6. The Labute approximate surface area is 187 Å². The van der Waals surface area contributed by atoms with E-state index in [0.717, 1.165) is 16.1 Å². The van der Waals surface area contributed by atoms with E-state index in [1.165, 1.54) is 35.7 Å². The third-order valence-corrected chi connectivity index (χ3v) is 6.04. The summed E-state index contributed by atoms with van der Waals surface area (Å²) < 4.78 is 0. The first-order valence-electron chi connectivity index (χ1n) is 9.42. The lowest BCUT2D eigenvalue weighted by Crippen LogP contribution is -2.22. The Morgan fingerprint density at radius 2 is 1.74 bits per heavy atom. The number of nitrogens with zero attached hydrogens (tertiary/aromatic N) is 3. The minimum atomic E-state index is -0.296. The maximum atomic E-state index is 12.3. The van der Waals surface area contributed by atoms with Crippen LogP contribution in [0, 0.1) is 0 Å². The molecule has 2 heterocycles. The number of benzene rings is 2. The number of nitrogens with one attached hydrogen (secondary N) is 1. The molecule has 0 radical (unpaired) electrons. The van der Waals surface area contributed by atoms with E-state index < -0.39 is 0 Å². The molecule has 0 saturated carbocycles. The third-order valence-electron chi connectivity index (χ3n) is 4.23. The molecule has 0 bridgehead atoms. The Morgan fingerprint density at radius 3 is 2.45 bits per heavy atom. The second kappa shape index (κ2) is 9.46. The van der Waals surface area contributed by atoms with Crippen LogP contribution in [0.3, 0.4) is 0 Å². The monoisotopic (exact) mass is 446 g/mol. The Kier molecular flexibility index (Phi) is 6.30. The van der Waals surface area contributed by atoms with Crippen molar-refractivity contribution < 1.29 is 9.59 Å². The maximum Gasteiger partial charge on any atom is 0.250 e. The molecule has 0 aliphatic carbocycles. The number of hydrogen-bond acceptors (Lipinski definition) is 6. The molecule has 4 aromatic rings. The van der Waals surface area contributed by atoms with Crippen LogP contribution in [0.1, 0.15) is 12.6 Å². The molecule has 2 amide bonds. The first-order valence-corrected chi connectivity index (χ1v) is 11.1. The minimum absolute atomic E-state index is 0.133. The highest BCUT2D eigenvalue weighted by molar-refractivity contribution is 7.19. The summed E-state index contributed by atoms with van der Waals surface area (Å²) in [6, 6.07) is 19.2. The van der Waals surface area contributed by atoms with Gasteiger partial charge in [0.1, 0.15) is 0 Å². The molecule has 0 fully saturated rings. The van der Waals surface area contributed by atoms with Crippen LogP contribution in [-0.2, 0) is 9.59 Å². The number of hydrogen-bond donors (Lipinski definition) is 1. The van der Waals surface area contributed by atoms with Gasteiger partial charge in [0.05, 0.1) is 16.3 Å². The van der Waals surface area contributed by atoms with E-state index in [2.05, 4.69) is 15.3 Å². The van der Waals surface area contributed by atoms with Gasteiger partial charge in [0.15, 0.2) is 10.3 Å².